The van der Waals surface area contributed by atoms with Crippen LogP contribution in [0.3, 0.4) is 0 Å². The van der Waals surface area contributed by atoms with Gasteiger partial charge in [0.25, 0.3) is 0 Å². The van der Waals surface area contributed by atoms with Gasteiger partial charge in [-0.2, -0.15) is 0 Å². The maximum Gasteiger partial charge on any atom is 0.201 e. The molecular weight excluding hydrogens is 340 g/mol. The van der Waals surface area contributed by atoms with Crippen LogP contribution in [0.25, 0.3) is 6.08 Å². The third kappa shape index (κ3) is 2.71. The molecular formula is C23H18O4. The van der Waals surface area contributed by atoms with E-state index in [4.69, 9.17) is 0 Å². The van der Waals surface area contributed by atoms with E-state index in [9.17, 15) is 20.1 Å². The highest BCUT2D eigenvalue weighted by Crippen LogP contribution is 2.47. The summed E-state index contributed by atoms with van der Waals surface area (Å²) in [6.07, 6.45) is 3.90. The summed E-state index contributed by atoms with van der Waals surface area (Å²) >= 11 is 0. The first kappa shape index (κ1) is 17.1. The van der Waals surface area contributed by atoms with E-state index in [2.05, 4.69) is 0 Å². The molecule has 3 N–H and O–H groups in total. The fourth-order valence-electron chi connectivity index (χ4n) is 3.67. The molecule has 4 heteroatoms. The third-order valence-electron chi connectivity index (χ3n) is 4.95. The molecule has 27 heavy (non-hydrogen) atoms. The minimum atomic E-state index is -1.54. The number of carbonyl (C=O) groups is 1. The molecule has 0 spiro atoms. The van der Waals surface area contributed by atoms with E-state index in [1.807, 2.05) is 42.5 Å². The predicted octanol–water partition coefficient (Wildman–Crippen LogP) is 3.98. The summed E-state index contributed by atoms with van der Waals surface area (Å²) in [5, 5.41) is 32.1. The van der Waals surface area contributed by atoms with Gasteiger partial charge in [0.15, 0.2) is 0 Å². The van der Waals surface area contributed by atoms with Gasteiger partial charge in [-0.15, -0.1) is 0 Å². The lowest BCUT2D eigenvalue weighted by Crippen LogP contribution is -2.35. The van der Waals surface area contributed by atoms with E-state index in [1.165, 1.54) is 12.1 Å². The van der Waals surface area contributed by atoms with Gasteiger partial charge in [-0.25, -0.2) is 0 Å². The molecule has 3 aromatic rings. The molecule has 0 saturated carbocycles. The maximum atomic E-state index is 12.9. The Labute approximate surface area is 156 Å². The topological polar surface area (TPSA) is 77.8 Å². The largest absolute Gasteiger partial charge is 0.507 e. The van der Waals surface area contributed by atoms with Gasteiger partial charge in [0.2, 0.25) is 5.78 Å². The quantitative estimate of drug-likeness (QED) is 0.662. The minimum Gasteiger partial charge on any atom is -0.507 e. The average Bonchev–Trinajstić information content (AvgIpc) is 2.67. The Hall–Kier alpha value is -3.37. The number of ketones is 1. The number of hydrogen-bond acceptors (Lipinski definition) is 4. The van der Waals surface area contributed by atoms with E-state index in [0.717, 1.165) is 5.56 Å². The van der Waals surface area contributed by atoms with Crippen LogP contribution in [0.2, 0.25) is 0 Å². The lowest BCUT2D eigenvalue weighted by atomic mass is 9.72. The number of phenolic OH excluding ortho intramolecular Hbond substituents is 2. The summed E-state index contributed by atoms with van der Waals surface area (Å²) in [4.78, 5) is 12.9. The van der Waals surface area contributed by atoms with Crippen molar-refractivity contribution >= 4 is 11.9 Å². The lowest BCUT2D eigenvalue weighted by Gasteiger charge is -2.35. The summed E-state index contributed by atoms with van der Waals surface area (Å²) in [6, 6.07) is 19.0. The van der Waals surface area contributed by atoms with Gasteiger partial charge >= 0.3 is 0 Å². The molecule has 134 valence electrons. The van der Waals surface area contributed by atoms with Crippen molar-refractivity contribution < 1.29 is 20.1 Å². The number of phenols is 2. The summed E-state index contributed by atoms with van der Waals surface area (Å²) in [6.45, 7) is 0. The van der Waals surface area contributed by atoms with Crippen molar-refractivity contribution in [1.29, 1.82) is 0 Å². The fraction of sp³-hybridized carbons (Fsp3) is 0.0870. The second-order valence-corrected chi connectivity index (χ2v) is 6.61. The third-order valence-corrected chi connectivity index (χ3v) is 4.95. The number of aromatic hydroxyl groups is 2. The molecule has 0 saturated heterocycles. The molecule has 0 aromatic heterocycles. The second kappa shape index (κ2) is 6.41. The first-order valence-corrected chi connectivity index (χ1v) is 8.66. The molecule has 0 unspecified atom stereocenters. The van der Waals surface area contributed by atoms with E-state index < -0.39 is 11.4 Å². The summed E-state index contributed by atoms with van der Waals surface area (Å²) in [7, 11) is 0. The van der Waals surface area contributed by atoms with Crippen molar-refractivity contribution in [3.05, 3.63) is 101 Å². The van der Waals surface area contributed by atoms with Crippen molar-refractivity contribution in [3.8, 4) is 11.5 Å². The summed E-state index contributed by atoms with van der Waals surface area (Å²) in [5.74, 6) is -0.915. The SMILES string of the molecule is O=C1c2c(O)cccc2C(O)(C/C=C/c2ccccc2)c2cccc(O)c21. The van der Waals surface area contributed by atoms with Gasteiger partial charge in [0.05, 0.1) is 11.1 Å². The number of hydrogen-bond donors (Lipinski definition) is 3. The first-order chi connectivity index (χ1) is 13.0. The van der Waals surface area contributed by atoms with E-state index >= 15 is 0 Å². The van der Waals surface area contributed by atoms with Crippen molar-refractivity contribution in [3.63, 3.8) is 0 Å². The molecule has 0 aliphatic heterocycles. The molecule has 1 aliphatic rings. The molecule has 0 bridgehead atoms. The number of fused-ring (bicyclic) bond motifs is 2. The second-order valence-electron chi connectivity index (χ2n) is 6.61. The molecule has 4 nitrogen and oxygen atoms in total. The average molecular weight is 358 g/mol. The van der Waals surface area contributed by atoms with Crippen molar-refractivity contribution in [2.45, 2.75) is 12.0 Å². The molecule has 0 heterocycles. The normalized spacial score (nSPS) is 14.8. The molecule has 0 amide bonds. The van der Waals surface area contributed by atoms with Gasteiger partial charge in [0.1, 0.15) is 17.1 Å². The minimum absolute atomic E-state index is 0.0297. The highest BCUT2D eigenvalue weighted by Gasteiger charge is 2.43. The summed E-state index contributed by atoms with van der Waals surface area (Å²) < 4.78 is 0. The van der Waals surface area contributed by atoms with E-state index in [1.54, 1.807) is 24.3 Å². The van der Waals surface area contributed by atoms with Crippen LogP contribution in [0.15, 0.2) is 72.8 Å². The molecule has 1 aliphatic carbocycles. The Morgan fingerprint density at radius 3 is 1.89 bits per heavy atom. The zero-order valence-corrected chi connectivity index (χ0v) is 14.5. The van der Waals surface area contributed by atoms with Crippen molar-refractivity contribution in [2.75, 3.05) is 0 Å². The Bertz CT molecular complexity index is 996. The Morgan fingerprint density at radius 1 is 0.778 bits per heavy atom. The van der Waals surface area contributed by atoms with E-state index in [-0.39, 0.29) is 29.0 Å². The van der Waals surface area contributed by atoms with Gasteiger partial charge in [-0.05, 0) is 17.7 Å². The Kier molecular flexibility index (Phi) is 4.05. The smallest absolute Gasteiger partial charge is 0.201 e. The van der Waals surface area contributed by atoms with Crippen LogP contribution in [0.4, 0.5) is 0 Å². The van der Waals surface area contributed by atoms with Crippen LogP contribution in [-0.2, 0) is 5.60 Å². The van der Waals surface area contributed by atoms with Crippen molar-refractivity contribution in [2.24, 2.45) is 0 Å². The first-order valence-electron chi connectivity index (χ1n) is 8.66. The molecule has 4 rings (SSSR count). The number of carbonyl (C=O) groups excluding carboxylic acids is 1. The molecule has 0 radical (unpaired) electrons. The lowest BCUT2D eigenvalue weighted by molar-refractivity contribution is 0.0736. The maximum absolute atomic E-state index is 12.9. The molecule has 3 aromatic carbocycles. The number of rotatable bonds is 3. The van der Waals surface area contributed by atoms with Gasteiger partial charge in [0, 0.05) is 17.5 Å². The van der Waals surface area contributed by atoms with Crippen LogP contribution < -0.4 is 0 Å². The predicted molar refractivity (Wildman–Crippen MR) is 103 cm³/mol. The number of aliphatic hydroxyl groups is 1. The zero-order valence-electron chi connectivity index (χ0n) is 14.5. The monoisotopic (exact) mass is 358 g/mol. The van der Waals surface area contributed by atoms with Gasteiger partial charge in [-0.3, -0.25) is 4.79 Å². The van der Waals surface area contributed by atoms with Crippen molar-refractivity contribution in [1.82, 2.24) is 0 Å². The van der Waals surface area contributed by atoms with Gasteiger partial charge < -0.3 is 15.3 Å². The standard InChI is InChI=1S/C23H18O4/c24-18-12-4-10-16-20(18)22(26)21-17(11-5-13-19(21)25)23(16,27)14-6-9-15-7-2-1-3-8-15/h1-13,24-25,27H,14H2/b9-6+. The van der Waals surface area contributed by atoms with Crippen LogP contribution in [-0.4, -0.2) is 21.1 Å². The zero-order chi connectivity index (χ0) is 19.0. The molecule has 0 atom stereocenters. The highest BCUT2D eigenvalue weighted by atomic mass is 16.3. The Morgan fingerprint density at radius 2 is 1.33 bits per heavy atom. The van der Waals surface area contributed by atoms with Gasteiger partial charge in [-0.1, -0.05) is 66.7 Å². The Balaban J connectivity index is 1.86. The fourth-order valence-corrected chi connectivity index (χ4v) is 3.67. The van der Waals surface area contributed by atoms with E-state index in [0.29, 0.717) is 11.1 Å². The summed E-state index contributed by atoms with van der Waals surface area (Å²) in [5.41, 5.74) is 0.178. The molecule has 0 fully saturated rings. The van der Waals surface area contributed by atoms with Crippen LogP contribution >= 0.6 is 0 Å². The highest BCUT2D eigenvalue weighted by molar-refractivity contribution is 6.16. The van der Waals surface area contributed by atoms with Crippen LogP contribution in [0.5, 0.6) is 11.5 Å². The number of benzene rings is 3. The van der Waals surface area contributed by atoms with Crippen LogP contribution in [0.1, 0.15) is 39.0 Å². The van der Waals surface area contributed by atoms with Crippen LogP contribution in [0, 0.1) is 0 Å².